The number of carbonyl (C=O) groups excluding carboxylic acids is 3. The maximum Gasteiger partial charge on any atom is 0.309 e. The highest BCUT2D eigenvalue weighted by molar-refractivity contribution is 7.56. The Labute approximate surface area is 122 Å². The number of amides is 1. The molecular weight excluding hydrogens is 301 g/mol. The molecular formula is C12H19NO7P-. The molecule has 21 heavy (non-hydrogen) atoms. The summed E-state index contributed by atoms with van der Waals surface area (Å²) in [7, 11) is -1.76. The Kier molecular flexibility index (Phi) is 6.36. The SMILES string of the molecule is COC(=O)CC(CP(=O)([O-])CN1CCCC1=O)C(=O)OC. The Balaban J connectivity index is 2.70. The predicted molar refractivity (Wildman–Crippen MR) is 70.4 cm³/mol. The van der Waals surface area contributed by atoms with Gasteiger partial charge in [0, 0.05) is 26.5 Å². The van der Waals surface area contributed by atoms with E-state index in [0.717, 1.165) is 14.2 Å². The molecule has 2 unspecified atom stereocenters. The maximum atomic E-state index is 12.1. The van der Waals surface area contributed by atoms with E-state index in [4.69, 9.17) is 0 Å². The molecule has 1 fully saturated rings. The topological polar surface area (TPSA) is 113 Å². The molecule has 0 aromatic heterocycles. The van der Waals surface area contributed by atoms with Gasteiger partial charge in [0.15, 0.2) is 0 Å². The lowest BCUT2D eigenvalue weighted by Crippen LogP contribution is -2.33. The molecule has 0 radical (unpaired) electrons. The van der Waals surface area contributed by atoms with E-state index in [2.05, 4.69) is 9.47 Å². The molecule has 1 rings (SSSR count). The van der Waals surface area contributed by atoms with Gasteiger partial charge in [-0.25, -0.2) is 0 Å². The lowest BCUT2D eigenvalue weighted by molar-refractivity contribution is -0.179. The van der Waals surface area contributed by atoms with Gasteiger partial charge in [-0.1, -0.05) is 0 Å². The van der Waals surface area contributed by atoms with Gasteiger partial charge < -0.3 is 23.8 Å². The maximum absolute atomic E-state index is 12.1. The Bertz CT molecular complexity index is 465. The van der Waals surface area contributed by atoms with Crippen molar-refractivity contribution in [2.24, 2.45) is 5.92 Å². The fourth-order valence-electron chi connectivity index (χ4n) is 2.18. The third-order valence-electron chi connectivity index (χ3n) is 3.23. The predicted octanol–water partition coefficient (Wildman–Crippen LogP) is -0.443. The Hall–Kier alpha value is -1.40. The van der Waals surface area contributed by atoms with Gasteiger partial charge in [0.25, 0.3) is 0 Å². The van der Waals surface area contributed by atoms with Gasteiger partial charge in [0.1, 0.15) is 0 Å². The summed E-state index contributed by atoms with van der Waals surface area (Å²) in [5, 5.41) is 0. The lowest BCUT2D eigenvalue weighted by Gasteiger charge is -2.30. The van der Waals surface area contributed by atoms with Gasteiger partial charge in [-0.15, -0.1) is 0 Å². The summed E-state index contributed by atoms with van der Waals surface area (Å²) in [4.78, 5) is 47.6. The number of esters is 2. The second kappa shape index (κ2) is 7.56. The molecule has 0 bridgehead atoms. The second-order valence-electron chi connectivity index (χ2n) is 4.90. The monoisotopic (exact) mass is 320 g/mol. The van der Waals surface area contributed by atoms with E-state index in [1.807, 2.05) is 0 Å². The Morgan fingerprint density at radius 2 is 2.05 bits per heavy atom. The molecule has 0 aromatic carbocycles. The number of ether oxygens (including phenoxy) is 2. The van der Waals surface area contributed by atoms with Crippen LogP contribution in [0, 0.1) is 5.92 Å². The molecule has 8 nitrogen and oxygen atoms in total. The van der Waals surface area contributed by atoms with Crippen molar-refractivity contribution in [1.29, 1.82) is 0 Å². The first-order valence-electron chi connectivity index (χ1n) is 6.50. The van der Waals surface area contributed by atoms with Crippen LogP contribution in [-0.2, 0) is 28.4 Å². The second-order valence-corrected chi connectivity index (χ2v) is 7.18. The largest absolute Gasteiger partial charge is 0.798 e. The van der Waals surface area contributed by atoms with Crippen molar-refractivity contribution in [2.45, 2.75) is 19.3 Å². The minimum atomic E-state index is -4.02. The summed E-state index contributed by atoms with van der Waals surface area (Å²) >= 11 is 0. The zero-order valence-electron chi connectivity index (χ0n) is 12.1. The van der Waals surface area contributed by atoms with Crippen LogP contribution in [0.5, 0.6) is 0 Å². The number of hydrogen-bond donors (Lipinski definition) is 0. The van der Waals surface area contributed by atoms with Crippen LogP contribution < -0.4 is 4.89 Å². The molecule has 1 aliphatic heterocycles. The summed E-state index contributed by atoms with van der Waals surface area (Å²) in [6, 6.07) is 0. The van der Waals surface area contributed by atoms with E-state index in [0.29, 0.717) is 19.4 Å². The van der Waals surface area contributed by atoms with E-state index >= 15 is 0 Å². The van der Waals surface area contributed by atoms with Crippen molar-refractivity contribution in [3.05, 3.63) is 0 Å². The summed E-state index contributed by atoms with van der Waals surface area (Å²) in [6.07, 6.45) is -0.355. The Morgan fingerprint density at radius 3 is 2.52 bits per heavy atom. The summed E-state index contributed by atoms with van der Waals surface area (Å²) in [6.45, 7) is 0.394. The smallest absolute Gasteiger partial charge is 0.309 e. The van der Waals surface area contributed by atoms with E-state index in [-0.39, 0.29) is 12.3 Å². The molecule has 1 amide bonds. The summed E-state index contributed by atoms with van der Waals surface area (Å²) in [5.74, 6) is -2.82. The van der Waals surface area contributed by atoms with E-state index in [1.165, 1.54) is 4.90 Å². The third-order valence-corrected chi connectivity index (χ3v) is 5.00. The lowest BCUT2D eigenvalue weighted by atomic mass is 10.1. The number of nitrogens with zero attached hydrogens (tertiary/aromatic N) is 1. The highest BCUT2D eigenvalue weighted by atomic mass is 31.2. The first kappa shape index (κ1) is 17.7. The first-order chi connectivity index (χ1) is 9.79. The number of rotatable bonds is 7. The fourth-order valence-corrected chi connectivity index (χ4v) is 4.07. The normalized spacial score (nSPS) is 19.0. The van der Waals surface area contributed by atoms with Gasteiger partial charge in [-0.3, -0.25) is 14.4 Å². The van der Waals surface area contributed by atoms with E-state index < -0.39 is 37.7 Å². The van der Waals surface area contributed by atoms with Crippen LogP contribution in [0.15, 0.2) is 0 Å². The van der Waals surface area contributed by atoms with Gasteiger partial charge in [-0.2, -0.15) is 0 Å². The van der Waals surface area contributed by atoms with Crippen molar-refractivity contribution >= 4 is 25.2 Å². The zero-order valence-corrected chi connectivity index (χ0v) is 13.0. The minimum absolute atomic E-state index is 0.214. The highest BCUT2D eigenvalue weighted by Crippen LogP contribution is 2.40. The molecule has 1 saturated heterocycles. The fraction of sp³-hybridized carbons (Fsp3) is 0.750. The number of carbonyl (C=O) groups is 3. The molecule has 0 saturated carbocycles. The first-order valence-corrected chi connectivity index (χ1v) is 8.50. The molecule has 0 aliphatic carbocycles. The number of hydrogen-bond acceptors (Lipinski definition) is 7. The number of likely N-dealkylation sites (tertiary alicyclic amines) is 1. The Morgan fingerprint density at radius 1 is 1.38 bits per heavy atom. The van der Waals surface area contributed by atoms with Crippen molar-refractivity contribution in [1.82, 2.24) is 4.90 Å². The highest BCUT2D eigenvalue weighted by Gasteiger charge is 2.30. The molecule has 0 aromatic rings. The van der Waals surface area contributed by atoms with Crippen molar-refractivity contribution in [3.8, 4) is 0 Å². The molecule has 0 N–H and O–H groups in total. The van der Waals surface area contributed by atoms with Crippen LogP contribution in [0.2, 0.25) is 0 Å². The van der Waals surface area contributed by atoms with Crippen LogP contribution in [-0.4, -0.2) is 56.0 Å². The standard InChI is InChI=1S/C12H20NO7P/c1-19-11(15)6-9(12(16)20-2)7-21(17,18)8-13-5-3-4-10(13)14/h9H,3-8H2,1-2H3,(H,17,18)/p-1. The molecule has 1 aliphatic rings. The van der Waals surface area contributed by atoms with Crippen molar-refractivity contribution < 1.29 is 33.3 Å². The molecule has 9 heteroatoms. The van der Waals surface area contributed by atoms with Crippen molar-refractivity contribution in [3.63, 3.8) is 0 Å². The summed E-state index contributed by atoms with van der Waals surface area (Å²) < 4.78 is 21.1. The van der Waals surface area contributed by atoms with Crippen LogP contribution >= 0.6 is 7.37 Å². The van der Waals surface area contributed by atoms with E-state index in [9.17, 15) is 23.8 Å². The third kappa shape index (κ3) is 5.47. The van der Waals surface area contributed by atoms with Crippen LogP contribution in [0.1, 0.15) is 19.3 Å². The average molecular weight is 320 g/mol. The molecule has 120 valence electrons. The summed E-state index contributed by atoms with van der Waals surface area (Å²) in [5.41, 5.74) is 0. The van der Waals surface area contributed by atoms with Crippen molar-refractivity contribution in [2.75, 3.05) is 33.2 Å². The van der Waals surface area contributed by atoms with Gasteiger partial charge >= 0.3 is 11.9 Å². The molecule has 0 spiro atoms. The van der Waals surface area contributed by atoms with Crippen LogP contribution in [0.3, 0.4) is 0 Å². The van der Waals surface area contributed by atoms with Gasteiger partial charge in [0.2, 0.25) is 5.91 Å². The molecule has 1 heterocycles. The molecule has 2 atom stereocenters. The van der Waals surface area contributed by atoms with Gasteiger partial charge in [0.05, 0.1) is 32.8 Å². The van der Waals surface area contributed by atoms with Crippen LogP contribution in [0.4, 0.5) is 0 Å². The average Bonchev–Trinajstić information content (AvgIpc) is 2.81. The minimum Gasteiger partial charge on any atom is -0.798 e. The number of methoxy groups -OCH3 is 2. The van der Waals surface area contributed by atoms with Gasteiger partial charge in [-0.05, 0) is 6.42 Å². The van der Waals surface area contributed by atoms with Crippen LogP contribution in [0.25, 0.3) is 0 Å². The quantitative estimate of drug-likeness (QED) is 0.461. The zero-order chi connectivity index (χ0) is 16.0. The van der Waals surface area contributed by atoms with E-state index in [1.54, 1.807) is 0 Å².